The zero-order valence-electron chi connectivity index (χ0n) is 34.1. The van der Waals surface area contributed by atoms with E-state index in [1.165, 1.54) is 6.42 Å². The third-order valence-corrected chi connectivity index (χ3v) is 13.4. The summed E-state index contributed by atoms with van der Waals surface area (Å²) in [6.07, 6.45) is 6.39. The number of halogens is 1. The number of nitrogens with two attached hydrogens (primary N) is 1. The molecule has 59 heavy (non-hydrogen) atoms. The van der Waals surface area contributed by atoms with Crippen molar-refractivity contribution in [2.45, 2.75) is 102 Å². The standard InChI is InChI=1S/C46H56ClN3O9/c1-28(2)36(25-41(52)57-27-30-9-5-4-6-10-30)43(53)50-38(12-8-18-49-44(48)54)39(51)24-29-14-16-31(17-15-29)26-56-40-13-7-11-37(42(40)47)46(55-3)45(58-59-46)34-20-32-19-33(22-34)23-35(45)21-32/h4-7,9-11,13-17,28,32-36,38H,8,12,18-27H2,1-3H3,(H,50,53)(H3,48,49,54). The van der Waals surface area contributed by atoms with E-state index in [0.29, 0.717) is 34.6 Å². The Morgan fingerprint density at radius 2 is 1.51 bits per heavy atom. The molecule has 1 spiro atoms. The zero-order valence-corrected chi connectivity index (χ0v) is 34.8. The van der Waals surface area contributed by atoms with Crippen molar-refractivity contribution >= 4 is 35.3 Å². The van der Waals surface area contributed by atoms with E-state index >= 15 is 0 Å². The maximum atomic E-state index is 13.8. The first-order valence-electron chi connectivity index (χ1n) is 20.9. The third kappa shape index (κ3) is 9.01. The van der Waals surface area contributed by atoms with Crippen LogP contribution in [-0.2, 0) is 59.1 Å². The molecule has 5 fully saturated rings. The fraction of sp³-hybridized carbons (Fsp3) is 0.522. The average molecular weight is 830 g/mol. The predicted octanol–water partition coefficient (Wildman–Crippen LogP) is 7.33. The van der Waals surface area contributed by atoms with Crippen LogP contribution in [0, 0.1) is 35.5 Å². The van der Waals surface area contributed by atoms with Gasteiger partial charge in [-0.05, 0) is 97.3 Å². The van der Waals surface area contributed by atoms with Gasteiger partial charge in [-0.2, -0.15) is 4.89 Å². The lowest BCUT2D eigenvalue weighted by atomic mass is 9.47. The molecule has 316 valence electrons. The van der Waals surface area contributed by atoms with Crippen molar-refractivity contribution in [1.29, 1.82) is 0 Å². The molecule has 1 heterocycles. The number of esters is 1. The molecular weight excluding hydrogens is 774 g/mol. The highest BCUT2D eigenvalue weighted by Gasteiger charge is 2.77. The number of Topliss-reactive ketones (excluding diaryl/α,β-unsaturated/α-hetero) is 1. The van der Waals surface area contributed by atoms with Gasteiger partial charge in [0, 0.05) is 25.6 Å². The van der Waals surface area contributed by atoms with Crippen LogP contribution in [0.25, 0.3) is 0 Å². The Bertz CT molecular complexity index is 1940. The quantitative estimate of drug-likeness (QED) is 0.0638. The number of carbonyl (C=O) groups excluding carboxylic acids is 4. The number of hydrogen-bond acceptors (Lipinski definition) is 9. The summed E-state index contributed by atoms with van der Waals surface area (Å²) in [6, 6.07) is 21.0. The Morgan fingerprint density at radius 1 is 0.847 bits per heavy atom. The molecule has 3 aromatic rings. The zero-order chi connectivity index (χ0) is 41.7. The van der Waals surface area contributed by atoms with E-state index in [2.05, 4.69) is 10.6 Å². The van der Waals surface area contributed by atoms with Crippen LogP contribution in [0.4, 0.5) is 4.79 Å². The van der Waals surface area contributed by atoms with Crippen molar-refractivity contribution in [3.05, 3.63) is 100 Å². The van der Waals surface area contributed by atoms with Crippen LogP contribution in [0.15, 0.2) is 72.8 Å². The van der Waals surface area contributed by atoms with E-state index in [9.17, 15) is 19.2 Å². The van der Waals surface area contributed by atoms with Gasteiger partial charge in [0.15, 0.2) is 11.4 Å². The summed E-state index contributed by atoms with van der Waals surface area (Å²) < 4.78 is 18.0. The summed E-state index contributed by atoms with van der Waals surface area (Å²) in [6.45, 7) is 4.28. The van der Waals surface area contributed by atoms with Crippen LogP contribution in [-0.4, -0.2) is 49.0 Å². The molecule has 4 saturated carbocycles. The first-order chi connectivity index (χ1) is 28.4. The fourth-order valence-electron chi connectivity index (χ4n) is 10.2. The molecule has 13 heteroatoms. The molecule has 3 unspecified atom stereocenters. The summed E-state index contributed by atoms with van der Waals surface area (Å²) in [5.41, 5.74) is 7.84. The smallest absolute Gasteiger partial charge is 0.312 e. The van der Waals surface area contributed by atoms with E-state index in [4.69, 9.17) is 41.3 Å². The van der Waals surface area contributed by atoms with Gasteiger partial charge in [-0.3, -0.25) is 14.4 Å². The minimum atomic E-state index is -1.11. The Morgan fingerprint density at radius 3 is 2.12 bits per heavy atom. The lowest BCUT2D eigenvalue weighted by molar-refractivity contribution is -0.645. The Labute approximate surface area is 351 Å². The lowest BCUT2D eigenvalue weighted by Crippen LogP contribution is -2.76. The number of carbonyl (C=O) groups is 4. The van der Waals surface area contributed by atoms with Gasteiger partial charge in [-0.1, -0.05) is 92.2 Å². The number of benzene rings is 3. The Balaban J connectivity index is 0.970. The molecule has 1 aliphatic heterocycles. The number of rotatable bonds is 19. The number of primary amides is 1. The highest BCUT2D eigenvalue weighted by Crippen LogP contribution is 2.70. The van der Waals surface area contributed by atoms with Crippen LogP contribution in [0.1, 0.15) is 87.5 Å². The monoisotopic (exact) mass is 829 g/mol. The maximum Gasteiger partial charge on any atom is 0.312 e. The molecule has 8 rings (SSSR count). The molecule has 3 amide bonds. The van der Waals surface area contributed by atoms with Crippen molar-refractivity contribution in [3.8, 4) is 5.75 Å². The van der Waals surface area contributed by atoms with Crippen LogP contribution >= 0.6 is 11.6 Å². The van der Waals surface area contributed by atoms with E-state index in [1.807, 2.05) is 86.6 Å². The number of nitrogens with one attached hydrogen (secondary N) is 2. The van der Waals surface area contributed by atoms with Crippen LogP contribution in [0.3, 0.4) is 0 Å². The number of hydrogen-bond donors (Lipinski definition) is 3. The number of methoxy groups -OCH3 is 1. The summed E-state index contributed by atoms with van der Waals surface area (Å²) in [5, 5.41) is 5.86. The molecule has 1 saturated heterocycles. The van der Waals surface area contributed by atoms with Crippen LogP contribution in [0.5, 0.6) is 5.75 Å². The van der Waals surface area contributed by atoms with Gasteiger partial charge in [0.1, 0.15) is 19.0 Å². The molecule has 12 nitrogen and oxygen atoms in total. The van der Waals surface area contributed by atoms with Gasteiger partial charge in [-0.25, -0.2) is 9.68 Å². The maximum absolute atomic E-state index is 13.8. The summed E-state index contributed by atoms with van der Waals surface area (Å²) in [5.74, 6) is -0.438. The molecular formula is C46H56ClN3O9. The minimum absolute atomic E-state index is 0.0566. The number of amides is 3. The molecule has 4 aliphatic carbocycles. The first kappa shape index (κ1) is 42.6. The predicted molar refractivity (Wildman–Crippen MR) is 220 cm³/mol. The van der Waals surface area contributed by atoms with Crippen LogP contribution < -0.4 is 21.1 Å². The van der Waals surface area contributed by atoms with E-state index in [-0.39, 0.29) is 50.7 Å². The third-order valence-electron chi connectivity index (χ3n) is 13.0. The topological polar surface area (TPSA) is 165 Å². The van der Waals surface area contributed by atoms with Gasteiger partial charge in [0.25, 0.3) is 5.79 Å². The number of ketones is 1. The van der Waals surface area contributed by atoms with Crippen molar-refractivity contribution in [2.24, 2.45) is 41.2 Å². The molecule has 3 atom stereocenters. The SMILES string of the molecule is COC1(c2cccc(OCc3ccc(CC(=O)C(CCCNC(N)=O)NC(=O)C(CC(=O)OCc4ccccc4)C(C)C)cc3)c2Cl)OOC12C1CC3CC(C1)CC2C3. The molecule has 0 aromatic heterocycles. The average Bonchev–Trinajstić information content (AvgIpc) is 3.20. The summed E-state index contributed by atoms with van der Waals surface area (Å²) in [7, 11) is 1.66. The second-order valence-electron chi connectivity index (χ2n) is 17.1. The van der Waals surface area contributed by atoms with Gasteiger partial charge in [0.2, 0.25) is 5.91 Å². The van der Waals surface area contributed by atoms with Crippen molar-refractivity contribution in [1.82, 2.24) is 10.6 Å². The largest absolute Gasteiger partial charge is 0.487 e. The van der Waals surface area contributed by atoms with E-state index in [0.717, 1.165) is 54.2 Å². The first-order valence-corrected chi connectivity index (χ1v) is 21.3. The highest BCUT2D eigenvalue weighted by molar-refractivity contribution is 6.33. The summed E-state index contributed by atoms with van der Waals surface area (Å²) >= 11 is 7.10. The van der Waals surface area contributed by atoms with Gasteiger partial charge in [0.05, 0.1) is 23.4 Å². The van der Waals surface area contributed by atoms with E-state index < -0.39 is 41.3 Å². The minimum Gasteiger partial charge on any atom is -0.487 e. The summed E-state index contributed by atoms with van der Waals surface area (Å²) in [4.78, 5) is 63.5. The fourth-order valence-corrected chi connectivity index (χ4v) is 10.5. The normalized spacial score (nSPS) is 26.2. The van der Waals surface area contributed by atoms with Crippen molar-refractivity contribution in [3.63, 3.8) is 0 Å². The Kier molecular flexibility index (Phi) is 13.3. The van der Waals surface area contributed by atoms with Gasteiger partial charge in [-0.15, -0.1) is 0 Å². The Hall–Kier alpha value is -4.49. The molecule has 5 aliphatic rings. The van der Waals surface area contributed by atoms with Gasteiger partial charge < -0.3 is 30.6 Å². The van der Waals surface area contributed by atoms with Crippen molar-refractivity contribution in [2.75, 3.05) is 13.7 Å². The van der Waals surface area contributed by atoms with E-state index in [1.54, 1.807) is 7.11 Å². The second kappa shape index (κ2) is 18.4. The number of ether oxygens (including phenoxy) is 3. The molecule has 3 aromatic carbocycles. The lowest BCUT2D eigenvalue weighted by Gasteiger charge is -2.68. The molecule has 4 bridgehead atoms. The van der Waals surface area contributed by atoms with Gasteiger partial charge >= 0.3 is 12.0 Å². The second-order valence-corrected chi connectivity index (χ2v) is 17.5. The molecule has 0 radical (unpaired) electrons. The highest BCUT2D eigenvalue weighted by atomic mass is 35.5. The van der Waals surface area contributed by atoms with Crippen molar-refractivity contribution < 1.29 is 43.2 Å². The molecule has 4 N–H and O–H groups in total. The van der Waals surface area contributed by atoms with Crippen LogP contribution in [0.2, 0.25) is 5.02 Å². The number of urea groups is 1.